The molecule has 25 heavy (non-hydrogen) atoms. The monoisotopic (exact) mass is 349 g/mol. The van der Waals surface area contributed by atoms with E-state index < -0.39 is 6.29 Å². The predicted octanol–water partition coefficient (Wildman–Crippen LogP) is 2.59. The number of carbonyl (C=O) groups is 2. The molecule has 6 heteroatoms. The van der Waals surface area contributed by atoms with E-state index in [4.69, 9.17) is 14.2 Å². The van der Waals surface area contributed by atoms with Crippen LogP contribution in [0, 0.1) is 5.41 Å². The van der Waals surface area contributed by atoms with Crippen LogP contribution in [0.4, 0.5) is 0 Å². The number of carbonyl (C=O) groups excluding carboxylic acids is 2. The molecule has 0 atom stereocenters. The zero-order valence-corrected chi connectivity index (χ0v) is 15.6. The molecule has 0 saturated carbocycles. The second-order valence-corrected chi connectivity index (χ2v) is 7.34. The summed E-state index contributed by atoms with van der Waals surface area (Å²) in [7, 11) is 3.03. The molecule has 2 rings (SSSR count). The average molecular weight is 349 g/mol. The third kappa shape index (κ3) is 4.80. The van der Waals surface area contributed by atoms with E-state index in [1.807, 2.05) is 20.8 Å². The molecule has 1 N–H and O–H groups in total. The Hall–Kier alpha value is -1.92. The van der Waals surface area contributed by atoms with Crippen LogP contribution in [0.25, 0.3) is 0 Å². The van der Waals surface area contributed by atoms with Gasteiger partial charge >= 0.3 is 0 Å². The topological polar surface area (TPSA) is 73.9 Å². The molecule has 1 aliphatic rings. The lowest BCUT2D eigenvalue weighted by Crippen LogP contribution is -2.34. The van der Waals surface area contributed by atoms with E-state index in [0.29, 0.717) is 36.3 Å². The van der Waals surface area contributed by atoms with Crippen LogP contribution in [-0.2, 0) is 15.9 Å². The van der Waals surface area contributed by atoms with E-state index >= 15 is 0 Å². The van der Waals surface area contributed by atoms with Crippen molar-refractivity contribution in [3.05, 3.63) is 28.8 Å². The van der Waals surface area contributed by atoms with E-state index in [1.54, 1.807) is 12.1 Å². The molecule has 0 radical (unpaired) electrons. The van der Waals surface area contributed by atoms with E-state index in [2.05, 4.69) is 5.32 Å². The highest BCUT2D eigenvalue weighted by Crippen LogP contribution is 2.35. The highest BCUT2D eigenvalue weighted by Gasteiger charge is 2.28. The van der Waals surface area contributed by atoms with Gasteiger partial charge in [-0.2, -0.15) is 0 Å². The number of hydrogen-bond acceptors (Lipinski definition) is 5. The van der Waals surface area contributed by atoms with Gasteiger partial charge in [0.05, 0.1) is 18.7 Å². The fourth-order valence-corrected chi connectivity index (χ4v) is 2.84. The molecule has 0 fully saturated rings. The average Bonchev–Trinajstić information content (AvgIpc) is 3.02. The zero-order chi connectivity index (χ0) is 18.6. The standard InChI is InChI=1S/C19H27NO5/c1-19(2,3)10-15(21)14-7-6-13(12-8-9-25-17(12)14)18(22)20-11-16(23-4)24-5/h6-7,16H,8-11H2,1-5H3,(H,20,22). The van der Waals surface area contributed by atoms with Crippen molar-refractivity contribution in [2.24, 2.45) is 5.41 Å². The first kappa shape index (κ1) is 19.4. The van der Waals surface area contributed by atoms with Crippen molar-refractivity contribution in [3.8, 4) is 5.75 Å². The van der Waals surface area contributed by atoms with E-state index in [-0.39, 0.29) is 23.7 Å². The first-order chi connectivity index (χ1) is 11.8. The molecule has 0 bridgehead atoms. The first-order valence-electron chi connectivity index (χ1n) is 8.42. The third-order valence-electron chi connectivity index (χ3n) is 4.05. The summed E-state index contributed by atoms with van der Waals surface area (Å²) in [5.74, 6) is 0.365. The molecule has 0 spiro atoms. The Labute approximate surface area is 148 Å². The number of nitrogens with one attached hydrogen (secondary N) is 1. The number of rotatable bonds is 7. The molecular formula is C19H27NO5. The van der Waals surface area contributed by atoms with Gasteiger partial charge in [-0.15, -0.1) is 0 Å². The van der Waals surface area contributed by atoms with Gasteiger partial charge in [0, 0.05) is 38.2 Å². The van der Waals surface area contributed by atoms with Crippen molar-refractivity contribution in [1.29, 1.82) is 0 Å². The van der Waals surface area contributed by atoms with E-state index in [0.717, 1.165) is 5.56 Å². The van der Waals surface area contributed by atoms with Crippen LogP contribution in [-0.4, -0.2) is 45.4 Å². The SMILES string of the molecule is COC(CNC(=O)c1ccc(C(=O)CC(C)(C)C)c2c1CCO2)OC. The largest absolute Gasteiger partial charge is 0.492 e. The van der Waals surface area contributed by atoms with Crippen molar-refractivity contribution >= 4 is 11.7 Å². The molecule has 1 heterocycles. The highest BCUT2D eigenvalue weighted by molar-refractivity contribution is 6.03. The summed E-state index contributed by atoms with van der Waals surface area (Å²) in [4.78, 5) is 25.1. The molecule has 6 nitrogen and oxygen atoms in total. The minimum absolute atomic E-state index is 0.0384. The summed E-state index contributed by atoms with van der Waals surface area (Å²) in [6.45, 7) is 6.79. The Balaban J connectivity index is 2.21. The molecule has 138 valence electrons. The number of ether oxygens (including phenoxy) is 3. The molecule has 1 amide bonds. The lowest BCUT2D eigenvalue weighted by atomic mass is 9.86. The number of benzene rings is 1. The summed E-state index contributed by atoms with van der Waals surface area (Å²) in [5, 5.41) is 2.79. The number of hydrogen-bond donors (Lipinski definition) is 1. The normalized spacial score (nSPS) is 13.5. The Kier molecular flexibility index (Phi) is 6.19. The number of amides is 1. The quantitative estimate of drug-likeness (QED) is 0.605. The summed E-state index contributed by atoms with van der Waals surface area (Å²) in [5.41, 5.74) is 1.79. The molecule has 0 aromatic heterocycles. The van der Waals surface area contributed by atoms with Gasteiger partial charge in [0.1, 0.15) is 5.75 Å². The smallest absolute Gasteiger partial charge is 0.251 e. The van der Waals surface area contributed by atoms with Gasteiger partial charge in [0.15, 0.2) is 12.1 Å². The van der Waals surface area contributed by atoms with Crippen molar-refractivity contribution in [2.75, 3.05) is 27.4 Å². The Bertz CT molecular complexity index is 644. The van der Waals surface area contributed by atoms with Gasteiger partial charge in [0.25, 0.3) is 5.91 Å². The second-order valence-electron chi connectivity index (χ2n) is 7.34. The Morgan fingerprint density at radius 1 is 1.20 bits per heavy atom. The third-order valence-corrected chi connectivity index (χ3v) is 4.05. The Morgan fingerprint density at radius 3 is 2.44 bits per heavy atom. The molecule has 1 aliphatic heterocycles. The van der Waals surface area contributed by atoms with Gasteiger partial charge in [-0.1, -0.05) is 20.8 Å². The fourth-order valence-electron chi connectivity index (χ4n) is 2.84. The minimum atomic E-state index is -0.499. The molecule has 0 saturated heterocycles. The van der Waals surface area contributed by atoms with Crippen LogP contribution < -0.4 is 10.1 Å². The van der Waals surface area contributed by atoms with Gasteiger partial charge in [-0.05, 0) is 17.5 Å². The minimum Gasteiger partial charge on any atom is -0.492 e. The van der Waals surface area contributed by atoms with E-state index in [1.165, 1.54) is 14.2 Å². The van der Waals surface area contributed by atoms with Crippen LogP contribution in [0.1, 0.15) is 53.5 Å². The number of ketones is 1. The second kappa shape index (κ2) is 7.97. The van der Waals surface area contributed by atoms with Gasteiger partial charge in [-0.3, -0.25) is 9.59 Å². The van der Waals surface area contributed by atoms with Gasteiger partial charge < -0.3 is 19.5 Å². The lowest BCUT2D eigenvalue weighted by molar-refractivity contribution is -0.0974. The molecule has 1 aromatic rings. The van der Waals surface area contributed by atoms with Gasteiger partial charge in [0.2, 0.25) is 0 Å². The van der Waals surface area contributed by atoms with Crippen molar-refractivity contribution in [1.82, 2.24) is 5.32 Å². The maximum atomic E-state index is 12.6. The van der Waals surface area contributed by atoms with Crippen LogP contribution in [0.5, 0.6) is 5.75 Å². The highest BCUT2D eigenvalue weighted by atomic mass is 16.7. The summed E-state index contributed by atoms with van der Waals surface area (Å²) in [6.07, 6.45) is 0.547. The maximum Gasteiger partial charge on any atom is 0.251 e. The number of fused-ring (bicyclic) bond motifs is 1. The summed E-state index contributed by atoms with van der Waals surface area (Å²) < 4.78 is 15.8. The van der Waals surface area contributed by atoms with Gasteiger partial charge in [-0.25, -0.2) is 0 Å². The summed E-state index contributed by atoms with van der Waals surface area (Å²) >= 11 is 0. The summed E-state index contributed by atoms with van der Waals surface area (Å²) in [6, 6.07) is 3.39. The number of methoxy groups -OCH3 is 2. The predicted molar refractivity (Wildman–Crippen MR) is 94.2 cm³/mol. The van der Waals surface area contributed by atoms with Crippen LogP contribution in [0.2, 0.25) is 0 Å². The molecular weight excluding hydrogens is 322 g/mol. The first-order valence-corrected chi connectivity index (χ1v) is 8.42. The lowest BCUT2D eigenvalue weighted by Gasteiger charge is -2.18. The van der Waals surface area contributed by atoms with Crippen LogP contribution in [0.15, 0.2) is 12.1 Å². The van der Waals surface area contributed by atoms with Crippen LogP contribution >= 0.6 is 0 Å². The fraction of sp³-hybridized carbons (Fsp3) is 0.579. The number of Topliss-reactive ketones (excluding diaryl/α,β-unsaturated/α-hetero) is 1. The zero-order valence-electron chi connectivity index (χ0n) is 15.6. The molecule has 1 aromatic carbocycles. The van der Waals surface area contributed by atoms with Crippen molar-refractivity contribution in [2.45, 2.75) is 39.9 Å². The van der Waals surface area contributed by atoms with Crippen molar-refractivity contribution < 1.29 is 23.8 Å². The molecule has 0 aliphatic carbocycles. The molecule has 0 unspecified atom stereocenters. The van der Waals surface area contributed by atoms with Crippen LogP contribution in [0.3, 0.4) is 0 Å². The maximum absolute atomic E-state index is 12.6. The van der Waals surface area contributed by atoms with E-state index in [9.17, 15) is 9.59 Å². The van der Waals surface area contributed by atoms with Crippen molar-refractivity contribution in [3.63, 3.8) is 0 Å². The Morgan fingerprint density at radius 2 is 1.84 bits per heavy atom.